The van der Waals surface area contributed by atoms with E-state index in [0.717, 1.165) is 11.1 Å². The van der Waals surface area contributed by atoms with Crippen molar-refractivity contribution in [2.75, 3.05) is 21.3 Å². The first kappa shape index (κ1) is 17.6. The van der Waals surface area contributed by atoms with Crippen molar-refractivity contribution in [2.45, 2.75) is 13.8 Å². The summed E-state index contributed by atoms with van der Waals surface area (Å²) >= 11 is 0. The number of benzene rings is 1. The molecule has 0 aliphatic heterocycles. The first-order chi connectivity index (χ1) is 10.7. The van der Waals surface area contributed by atoms with Gasteiger partial charge in [-0.3, -0.25) is 0 Å². The molecule has 0 amide bonds. The summed E-state index contributed by atoms with van der Waals surface area (Å²) in [5.74, 6) is 1.90. The molecule has 1 aromatic rings. The predicted octanol–water partition coefficient (Wildman–Crippen LogP) is 4.80. The van der Waals surface area contributed by atoms with Crippen molar-refractivity contribution in [1.82, 2.24) is 0 Å². The Hall–Kier alpha value is -2.42. The van der Waals surface area contributed by atoms with Crippen LogP contribution in [0.4, 0.5) is 0 Å². The Labute approximate surface area is 133 Å². The van der Waals surface area contributed by atoms with Crippen LogP contribution in [0.15, 0.2) is 54.2 Å². The molecule has 0 radical (unpaired) electrons. The van der Waals surface area contributed by atoms with E-state index in [1.807, 2.05) is 55.5 Å². The van der Waals surface area contributed by atoms with Gasteiger partial charge in [-0.1, -0.05) is 48.1 Å². The molecule has 1 aromatic carbocycles. The van der Waals surface area contributed by atoms with E-state index in [0.29, 0.717) is 17.2 Å². The van der Waals surface area contributed by atoms with Crippen LogP contribution in [0.1, 0.15) is 19.4 Å². The largest absolute Gasteiger partial charge is 0.493 e. The lowest BCUT2D eigenvalue weighted by Gasteiger charge is -2.12. The molecule has 0 aromatic heterocycles. The van der Waals surface area contributed by atoms with Crippen LogP contribution in [0.5, 0.6) is 17.2 Å². The summed E-state index contributed by atoms with van der Waals surface area (Å²) in [4.78, 5) is 0. The smallest absolute Gasteiger partial charge is 0.203 e. The second-order valence-electron chi connectivity index (χ2n) is 4.61. The molecule has 118 valence electrons. The van der Waals surface area contributed by atoms with E-state index in [1.54, 1.807) is 21.3 Å². The second-order valence-corrected chi connectivity index (χ2v) is 4.61. The fraction of sp³-hybridized carbons (Fsp3) is 0.263. The van der Waals surface area contributed by atoms with Crippen molar-refractivity contribution in [3.05, 3.63) is 59.7 Å². The second kappa shape index (κ2) is 9.50. The third-order valence-corrected chi connectivity index (χ3v) is 3.00. The van der Waals surface area contributed by atoms with Gasteiger partial charge >= 0.3 is 0 Å². The number of allylic oxidation sites excluding steroid dienone is 7. The summed E-state index contributed by atoms with van der Waals surface area (Å²) in [6, 6.07) is 3.83. The summed E-state index contributed by atoms with van der Waals surface area (Å²) in [6.07, 6.45) is 14.1. The summed E-state index contributed by atoms with van der Waals surface area (Å²) in [6.45, 7) is 4.04. The van der Waals surface area contributed by atoms with E-state index in [2.05, 4.69) is 13.0 Å². The van der Waals surface area contributed by atoms with Gasteiger partial charge in [0.25, 0.3) is 0 Å². The van der Waals surface area contributed by atoms with E-state index in [-0.39, 0.29) is 0 Å². The number of hydrogen-bond donors (Lipinski definition) is 0. The summed E-state index contributed by atoms with van der Waals surface area (Å²) in [5, 5.41) is 0. The molecule has 0 aliphatic carbocycles. The molecule has 0 unspecified atom stereocenters. The fourth-order valence-corrected chi connectivity index (χ4v) is 1.86. The van der Waals surface area contributed by atoms with E-state index < -0.39 is 0 Å². The van der Waals surface area contributed by atoms with Crippen molar-refractivity contribution >= 4 is 6.08 Å². The summed E-state index contributed by atoms with van der Waals surface area (Å²) < 4.78 is 16.0. The molecule has 0 bridgehead atoms. The Balaban J connectivity index is 3.00. The lowest BCUT2D eigenvalue weighted by molar-refractivity contribution is 0.324. The molecule has 0 fully saturated rings. The first-order valence-corrected chi connectivity index (χ1v) is 7.10. The van der Waals surface area contributed by atoms with Crippen molar-refractivity contribution < 1.29 is 14.2 Å². The Morgan fingerprint density at radius 3 is 2.05 bits per heavy atom. The molecular weight excluding hydrogens is 276 g/mol. The van der Waals surface area contributed by atoms with Gasteiger partial charge in [0.2, 0.25) is 5.75 Å². The van der Waals surface area contributed by atoms with Crippen molar-refractivity contribution in [3.63, 3.8) is 0 Å². The third-order valence-electron chi connectivity index (χ3n) is 3.00. The molecule has 1 rings (SSSR count). The highest BCUT2D eigenvalue weighted by molar-refractivity contribution is 5.63. The number of rotatable bonds is 7. The Morgan fingerprint density at radius 2 is 1.55 bits per heavy atom. The molecule has 22 heavy (non-hydrogen) atoms. The van der Waals surface area contributed by atoms with Crippen molar-refractivity contribution in [2.24, 2.45) is 0 Å². The maximum atomic E-state index is 5.35. The Bertz CT molecular complexity index is 568. The lowest BCUT2D eigenvalue weighted by Crippen LogP contribution is -1.95. The van der Waals surface area contributed by atoms with Crippen LogP contribution in [0.3, 0.4) is 0 Å². The topological polar surface area (TPSA) is 27.7 Å². The molecule has 0 heterocycles. The highest BCUT2D eigenvalue weighted by Gasteiger charge is 2.11. The molecule has 0 N–H and O–H groups in total. The fourth-order valence-electron chi connectivity index (χ4n) is 1.86. The predicted molar refractivity (Wildman–Crippen MR) is 92.8 cm³/mol. The molecule has 3 heteroatoms. The Kier molecular flexibility index (Phi) is 7.62. The average Bonchev–Trinajstić information content (AvgIpc) is 2.55. The van der Waals surface area contributed by atoms with Gasteiger partial charge in [-0.15, -0.1) is 0 Å². The van der Waals surface area contributed by atoms with Gasteiger partial charge in [-0.25, -0.2) is 0 Å². The molecule has 0 atom stereocenters. The Morgan fingerprint density at radius 1 is 0.909 bits per heavy atom. The van der Waals surface area contributed by atoms with Crippen LogP contribution in [0, 0.1) is 0 Å². The van der Waals surface area contributed by atoms with Gasteiger partial charge in [0, 0.05) is 0 Å². The minimum absolute atomic E-state index is 0.601. The third kappa shape index (κ3) is 5.17. The van der Waals surface area contributed by atoms with Crippen LogP contribution in [0.2, 0.25) is 0 Å². The highest BCUT2D eigenvalue weighted by Crippen LogP contribution is 2.38. The average molecular weight is 300 g/mol. The lowest BCUT2D eigenvalue weighted by atomic mass is 10.1. The number of ether oxygens (including phenoxy) is 3. The summed E-state index contributed by atoms with van der Waals surface area (Å²) in [5.41, 5.74) is 2.13. The van der Waals surface area contributed by atoms with Gasteiger partial charge in [-0.05, 0) is 31.5 Å². The van der Waals surface area contributed by atoms with Crippen molar-refractivity contribution in [3.8, 4) is 17.2 Å². The van der Waals surface area contributed by atoms with Crippen LogP contribution in [-0.2, 0) is 0 Å². The minimum atomic E-state index is 0.601. The SMILES string of the molecule is C\C=C/C=C\C=C(C)\C=C/c1cc(OC)c(OC)c(OC)c1. The zero-order chi connectivity index (χ0) is 16.4. The van der Waals surface area contributed by atoms with Gasteiger partial charge in [-0.2, -0.15) is 0 Å². The molecule has 0 saturated heterocycles. The van der Waals surface area contributed by atoms with Crippen LogP contribution in [0.25, 0.3) is 6.08 Å². The molecule has 0 saturated carbocycles. The van der Waals surface area contributed by atoms with Gasteiger partial charge in [0.1, 0.15) is 0 Å². The van der Waals surface area contributed by atoms with Crippen LogP contribution in [-0.4, -0.2) is 21.3 Å². The van der Waals surface area contributed by atoms with Crippen LogP contribution < -0.4 is 14.2 Å². The standard InChI is InChI=1S/C19H24O3/c1-6-7-8-9-10-15(2)11-12-16-13-17(20-3)19(22-5)18(14-16)21-4/h6-14H,1-5H3/b7-6-,9-8-,12-11-,15-10+. The minimum Gasteiger partial charge on any atom is -0.493 e. The molecule has 0 spiro atoms. The first-order valence-electron chi connectivity index (χ1n) is 7.10. The quantitative estimate of drug-likeness (QED) is 0.677. The summed E-state index contributed by atoms with van der Waals surface area (Å²) in [7, 11) is 4.82. The molecular formula is C19H24O3. The van der Waals surface area contributed by atoms with Crippen molar-refractivity contribution in [1.29, 1.82) is 0 Å². The van der Waals surface area contributed by atoms with Gasteiger partial charge < -0.3 is 14.2 Å². The van der Waals surface area contributed by atoms with Gasteiger partial charge in [0.05, 0.1) is 21.3 Å². The number of hydrogen-bond acceptors (Lipinski definition) is 3. The van der Waals surface area contributed by atoms with E-state index >= 15 is 0 Å². The maximum absolute atomic E-state index is 5.35. The van der Waals surface area contributed by atoms with Gasteiger partial charge in [0.15, 0.2) is 11.5 Å². The number of methoxy groups -OCH3 is 3. The normalized spacial score (nSPS) is 12.5. The van der Waals surface area contributed by atoms with E-state index in [9.17, 15) is 0 Å². The van der Waals surface area contributed by atoms with E-state index in [4.69, 9.17) is 14.2 Å². The zero-order valence-corrected chi connectivity index (χ0v) is 13.9. The molecule has 3 nitrogen and oxygen atoms in total. The van der Waals surface area contributed by atoms with Crippen LogP contribution >= 0.6 is 0 Å². The highest BCUT2D eigenvalue weighted by atomic mass is 16.5. The molecule has 0 aliphatic rings. The monoisotopic (exact) mass is 300 g/mol. The maximum Gasteiger partial charge on any atom is 0.203 e. The van der Waals surface area contributed by atoms with E-state index in [1.165, 1.54) is 0 Å². The zero-order valence-electron chi connectivity index (χ0n) is 13.9.